The number of para-hydroxylation sites is 1. The minimum absolute atomic E-state index is 0.488. The zero-order valence-corrected chi connectivity index (χ0v) is 11.4. The van der Waals surface area contributed by atoms with Gasteiger partial charge in [-0.3, -0.25) is 0 Å². The monoisotopic (exact) mass is 282 g/mol. The Bertz CT molecular complexity index is 817. The van der Waals surface area contributed by atoms with Crippen molar-refractivity contribution in [1.82, 2.24) is 9.97 Å². The fourth-order valence-corrected chi connectivity index (χ4v) is 2.73. The van der Waals surface area contributed by atoms with E-state index < -0.39 is 0 Å². The standard InChI is InChI=1S/C16H11ClN2O/c17-15-12-3-1-2-4-13(12)18-16(19-15)11-5-6-14-10(9-11)7-8-20-14/h1-6,9H,7-8H2. The van der Waals surface area contributed by atoms with Crippen molar-refractivity contribution in [1.29, 1.82) is 0 Å². The zero-order valence-electron chi connectivity index (χ0n) is 10.6. The SMILES string of the molecule is Clc1nc(-c2ccc3c(c2)CCO3)nc2ccccc12. The molecule has 1 aromatic heterocycles. The first kappa shape index (κ1) is 11.7. The van der Waals surface area contributed by atoms with Crippen LogP contribution in [0.3, 0.4) is 0 Å². The number of hydrogen-bond acceptors (Lipinski definition) is 3. The van der Waals surface area contributed by atoms with Gasteiger partial charge in [-0.1, -0.05) is 23.7 Å². The molecule has 1 aliphatic rings. The second-order valence-electron chi connectivity index (χ2n) is 4.78. The van der Waals surface area contributed by atoms with Gasteiger partial charge in [-0.15, -0.1) is 0 Å². The van der Waals surface area contributed by atoms with Crippen LogP contribution in [0, 0.1) is 0 Å². The average Bonchev–Trinajstić information content (AvgIpc) is 2.94. The first-order valence-electron chi connectivity index (χ1n) is 6.50. The molecular formula is C16H11ClN2O. The second kappa shape index (κ2) is 4.46. The van der Waals surface area contributed by atoms with Crippen molar-refractivity contribution in [3.63, 3.8) is 0 Å². The van der Waals surface area contributed by atoms with Crippen LogP contribution >= 0.6 is 11.6 Å². The first-order valence-corrected chi connectivity index (χ1v) is 6.87. The van der Waals surface area contributed by atoms with Gasteiger partial charge in [0.25, 0.3) is 0 Å². The van der Waals surface area contributed by atoms with E-state index in [-0.39, 0.29) is 0 Å². The number of ether oxygens (including phenoxy) is 1. The Morgan fingerprint density at radius 3 is 2.90 bits per heavy atom. The van der Waals surface area contributed by atoms with E-state index in [0.717, 1.165) is 35.2 Å². The molecule has 4 rings (SSSR count). The molecule has 3 aromatic rings. The summed E-state index contributed by atoms with van der Waals surface area (Å²) >= 11 is 6.25. The molecule has 20 heavy (non-hydrogen) atoms. The third-order valence-corrected chi connectivity index (χ3v) is 3.79. The van der Waals surface area contributed by atoms with Crippen LogP contribution in [0.25, 0.3) is 22.3 Å². The molecule has 0 unspecified atom stereocenters. The molecule has 0 saturated heterocycles. The molecule has 0 amide bonds. The second-order valence-corrected chi connectivity index (χ2v) is 5.13. The molecule has 0 radical (unpaired) electrons. The molecule has 4 heteroatoms. The average molecular weight is 283 g/mol. The van der Waals surface area contributed by atoms with E-state index in [4.69, 9.17) is 16.3 Å². The summed E-state index contributed by atoms with van der Waals surface area (Å²) in [5.41, 5.74) is 3.04. The number of fused-ring (bicyclic) bond motifs is 2. The summed E-state index contributed by atoms with van der Waals surface area (Å²) < 4.78 is 5.52. The van der Waals surface area contributed by atoms with E-state index in [1.54, 1.807) is 0 Å². The lowest BCUT2D eigenvalue weighted by Crippen LogP contribution is -1.92. The summed E-state index contributed by atoms with van der Waals surface area (Å²) in [6, 6.07) is 13.8. The van der Waals surface area contributed by atoms with E-state index in [2.05, 4.69) is 16.0 Å². The number of rotatable bonds is 1. The number of halogens is 1. The van der Waals surface area contributed by atoms with Crippen LogP contribution in [0.1, 0.15) is 5.56 Å². The molecule has 0 spiro atoms. The summed E-state index contributed by atoms with van der Waals surface area (Å²) in [4.78, 5) is 9.01. The Labute approximate surface area is 121 Å². The molecule has 0 fully saturated rings. The minimum Gasteiger partial charge on any atom is -0.493 e. The lowest BCUT2D eigenvalue weighted by molar-refractivity contribution is 0.357. The van der Waals surface area contributed by atoms with Gasteiger partial charge >= 0.3 is 0 Å². The third-order valence-electron chi connectivity index (χ3n) is 3.50. The smallest absolute Gasteiger partial charge is 0.161 e. The molecule has 2 heterocycles. The van der Waals surface area contributed by atoms with E-state index in [0.29, 0.717) is 11.0 Å². The van der Waals surface area contributed by atoms with Crippen molar-refractivity contribution in [3.05, 3.63) is 53.2 Å². The molecule has 0 N–H and O–H groups in total. The summed E-state index contributed by atoms with van der Waals surface area (Å²) in [6.07, 6.45) is 0.935. The summed E-state index contributed by atoms with van der Waals surface area (Å²) in [7, 11) is 0. The highest BCUT2D eigenvalue weighted by molar-refractivity contribution is 6.34. The number of aromatic nitrogens is 2. The van der Waals surface area contributed by atoms with Crippen molar-refractivity contribution in [2.75, 3.05) is 6.61 Å². The summed E-state index contributed by atoms with van der Waals surface area (Å²) in [5, 5.41) is 1.37. The fraction of sp³-hybridized carbons (Fsp3) is 0.125. The molecule has 0 bridgehead atoms. The Balaban J connectivity index is 1.90. The number of hydrogen-bond donors (Lipinski definition) is 0. The Hall–Kier alpha value is -2.13. The van der Waals surface area contributed by atoms with Crippen LogP contribution in [-0.4, -0.2) is 16.6 Å². The molecule has 0 aliphatic carbocycles. The summed E-state index contributed by atoms with van der Waals surface area (Å²) in [6.45, 7) is 0.748. The van der Waals surface area contributed by atoms with Crippen LogP contribution in [0.4, 0.5) is 0 Å². The van der Waals surface area contributed by atoms with Crippen LogP contribution in [0.15, 0.2) is 42.5 Å². The van der Waals surface area contributed by atoms with Crippen LogP contribution in [0.2, 0.25) is 5.15 Å². The highest BCUT2D eigenvalue weighted by atomic mass is 35.5. The maximum absolute atomic E-state index is 6.25. The van der Waals surface area contributed by atoms with Crippen molar-refractivity contribution in [2.45, 2.75) is 6.42 Å². The van der Waals surface area contributed by atoms with Crippen LogP contribution in [0.5, 0.6) is 5.75 Å². The molecule has 0 atom stereocenters. The maximum Gasteiger partial charge on any atom is 0.161 e. The van der Waals surface area contributed by atoms with Gasteiger partial charge in [0.15, 0.2) is 5.82 Å². The number of benzene rings is 2. The lowest BCUT2D eigenvalue weighted by Gasteiger charge is -2.06. The van der Waals surface area contributed by atoms with E-state index in [9.17, 15) is 0 Å². The van der Waals surface area contributed by atoms with Gasteiger partial charge in [0.1, 0.15) is 10.9 Å². The van der Waals surface area contributed by atoms with Gasteiger partial charge in [-0.05, 0) is 35.9 Å². The molecule has 0 saturated carbocycles. The molecular weight excluding hydrogens is 272 g/mol. The van der Waals surface area contributed by atoms with Gasteiger partial charge < -0.3 is 4.74 Å². The molecule has 2 aromatic carbocycles. The quantitative estimate of drug-likeness (QED) is 0.635. The Morgan fingerprint density at radius 1 is 1.05 bits per heavy atom. The van der Waals surface area contributed by atoms with Crippen molar-refractivity contribution >= 4 is 22.5 Å². The fourth-order valence-electron chi connectivity index (χ4n) is 2.49. The predicted octanol–water partition coefficient (Wildman–Crippen LogP) is 3.89. The van der Waals surface area contributed by atoms with Gasteiger partial charge in [-0.25, -0.2) is 9.97 Å². The molecule has 3 nitrogen and oxygen atoms in total. The van der Waals surface area contributed by atoms with Gasteiger partial charge in [0.2, 0.25) is 0 Å². The predicted molar refractivity (Wildman–Crippen MR) is 79.2 cm³/mol. The molecule has 1 aliphatic heterocycles. The summed E-state index contributed by atoms with van der Waals surface area (Å²) in [5.74, 6) is 1.61. The van der Waals surface area contributed by atoms with Crippen molar-refractivity contribution in [2.24, 2.45) is 0 Å². The minimum atomic E-state index is 0.488. The van der Waals surface area contributed by atoms with Gasteiger partial charge in [0.05, 0.1) is 12.1 Å². The van der Waals surface area contributed by atoms with Crippen LogP contribution < -0.4 is 4.74 Å². The topological polar surface area (TPSA) is 35.0 Å². The maximum atomic E-state index is 6.25. The highest BCUT2D eigenvalue weighted by Gasteiger charge is 2.14. The Kier molecular flexibility index (Phi) is 2.60. The van der Waals surface area contributed by atoms with E-state index in [1.165, 1.54) is 5.56 Å². The first-order chi connectivity index (χ1) is 9.81. The Morgan fingerprint density at radius 2 is 1.95 bits per heavy atom. The third kappa shape index (κ3) is 1.82. The normalized spacial score (nSPS) is 13.2. The van der Waals surface area contributed by atoms with E-state index >= 15 is 0 Å². The number of nitrogens with zero attached hydrogens (tertiary/aromatic N) is 2. The lowest BCUT2D eigenvalue weighted by atomic mass is 10.1. The van der Waals surface area contributed by atoms with Crippen molar-refractivity contribution in [3.8, 4) is 17.1 Å². The largest absolute Gasteiger partial charge is 0.493 e. The van der Waals surface area contributed by atoms with Crippen LogP contribution in [-0.2, 0) is 6.42 Å². The molecule has 98 valence electrons. The zero-order chi connectivity index (χ0) is 13.5. The highest BCUT2D eigenvalue weighted by Crippen LogP contribution is 2.30. The van der Waals surface area contributed by atoms with Gasteiger partial charge in [-0.2, -0.15) is 0 Å². The van der Waals surface area contributed by atoms with E-state index in [1.807, 2.05) is 36.4 Å². The van der Waals surface area contributed by atoms with Crippen molar-refractivity contribution < 1.29 is 4.74 Å². The van der Waals surface area contributed by atoms with Gasteiger partial charge in [0, 0.05) is 17.4 Å².